The molecule has 3 rings (SSSR count). The van der Waals surface area contributed by atoms with Gasteiger partial charge < -0.3 is 15.0 Å². The summed E-state index contributed by atoms with van der Waals surface area (Å²) in [4.78, 5) is 26.5. The first kappa shape index (κ1) is 19.0. The smallest absolute Gasteiger partial charge is 0.242 e. The molecule has 0 saturated carbocycles. The third-order valence-corrected chi connectivity index (χ3v) is 4.93. The van der Waals surface area contributed by atoms with E-state index in [1.54, 1.807) is 12.0 Å². The second kappa shape index (κ2) is 9.21. The predicted molar refractivity (Wildman–Crippen MR) is 104 cm³/mol. The first-order valence-electron chi connectivity index (χ1n) is 9.41. The quantitative estimate of drug-likeness (QED) is 0.731. The average molecular weight is 366 g/mol. The van der Waals surface area contributed by atoms with Gasteiger partial charge in [0.05, 0.1) is 7.11 Å². The summed E-state index contributed by atoms with van der Waals surface area (Å²) in [6.45, 7) is 1.10. The van der Waals surface area contributed by atoms with Crippen molar-refractivity contribution in [2.75, 3.05) is 13.7 Å². The van der Waals surface area contributed by atoms with Gasteiger partial charge in [-0.25, -0.2) is 0 Å². The summed E-state index contributed by atoms with van der Waals surface area (Å²) in [6, 6.07) is 17.4. The second-order valence-corrected chi connectivity index (χ2v) is 6.80. The van der Waals surface area contributed by atoms with Crippen molar-refractivity contribution in [1.29, 1.82) is 0 Å². The molecule has 1 fully saturated rings. The van der Waals surface area contributed by atoms with E-state index in [1.165, 1.54) is 5.56 Å². The number of aryl methyl sites for hydroxylation is 1. The van der Waals surface area contributed by atoms with Gasteiger partial charge in [-0.1, -0.05) is 42.5 Å². The maximum Gasteiger partial charge on any atom is 0.242 e. The van der Waals surface area contributed by atoms with Crippen LogP contribution in [-0.4, -0.2) is 36.4 Å². The number of nitrogens with zero attached hydrogens (tertiary/aromatic N) is 1. The minimum atomic E-state index is -0.362. The molecule has 1 heterocycles. The normalized spacial score (nSPS) is 16.4. The van der Waals surface area contributed by atoms with Gasteiger partial charge in [0.1, 0.15) is 11.8 Å². The number of hydrogen-bond donors (Lipinski definition) is 1. The monoisotopic (exact) mass is 366 g/mol. The molecule has 1 aliphatic rings. The molecule has 2 aromatic carbocycles. The zero-order chi connectivity index (χ0) is 19.1. The number of likely N-dealkylation sites (tertiary alicyclic amines) is 1. The zero-order valence-corrected chi connectivity index (χ0v) is 15.7. The lowest BCUT2D eigenvalue weighted by molar-refractivity contribution is -0.135. The Morgan fingerprint density at radius 2 is 1.85 bits per heavy atom. The highest BCUT2D eigenvalue weighted by Gasteiger charge is 2.35. The van der Waals surface area contributed by atoms with E-state index in [0.717, 1.165) is 24.2 Å². The van der Waals surface area contributed by atoms with Crippen LogP contribution in [0.3, 0.4) is 0 Å². The molecule has 1 unspecified atom stereocenters. The van der Waals surface area contributed by atoms with E-state index >= 15 is 0 Å². The number of nitrogens with one attached hydrogen (secondary N) is 1. The number of amides is 2. The highest BCUT2D eigenvalue weighted by molar-refractivity contribution is 5.90. The second-order valence-electron chi connectivity index (χ2n) is 6.80. The Balaban J connectivity index is 1.46. The summed E-state index contributed by atoms with van der Waals surface area (Å²) in [7, 11) is 1.65. The Morgan fingerprint density at radius 1 is 1.11 bits per heavy atom. The first-order valence-corrected chi connectivity index (χ1v) is 9.41. The van der Waals surface area contributed by atoms with Crippen LogP contribution in [0.25, 0.3) is 0 Å². The largest absolute Gasteiger partial charge is 0.497 e. The van der Waals surface area contributed by atoms with Crippen LogP contribution in [0, 0.1) is 0 Å². The number of hydrogen-bond acceptors (Lipinski definition) is 3. The van der Waals surface area contributed by atoms with E-state index < -0.39 is 0 Å². The fourth-order valence-electron chi connectivity index (χ4n) is 3.40. The van der Waals surface area contributed by atoms with Gasteiger partial charge in [-0.2, -0.15) is 0 Å². The minimum Gasteiger partial charge on any atom is -0.497 e. The first-order chi connectivity index (χ1) is 13.2. The van der Waals surface area contributed by atoms with Gasteiger partial charge in [-0.05, 0) is 42.5 Å². The molecule has 2 amide bonds. The van der Waals surface area contributed by atoms with E-state index in [0.29, 0.717) is 25.9 Å². The molecule has 1 atom stereocenters. The average Bonchev–Trinajstić information content (AvgIpc) is 3.07. The molecule has 27 heavy (non-hydrogen) atoms. The molecule has 5 nitrogen and oxygen atoms in total. The van der Waals surface area contributed by atoms with E-state index in [9.17, 15) is 9.59 Å². The molecule has 0 spiro atoms. The maximum absolute atomic E-state index is 12.6. The molecule has 5 heteroatoms. The van der Waals surface area contributed by atoms with Gasteiger partial charge in [-0.15, -0.1) is 0 Å². The lowest BCUT2D eigenvalue weighted by Gasteiger charge is -2.24. The number of benzene rings is 2. The topological polar surface area (TPSA) is 58.6 Å². The van der Waals surface area contributed by atoms with Gasteiger partial charge in [0, 0.05) is 19.5 Å². The van der Waals surface area contributed by atoms with Crippen molar-refractivity contribution < 1.29 is 14.3 Å². The molecule has 1 saturated heterocycles. The predicted octanol–water partition coefficient (Wildman–Crippen LogP) is 2.94. The molecule has 0 radical (unpaired) electrons. The van der Waals surface area contributed by atoms with Crippen LogP contribution in [0.4, 0.5) is 0 Å². The summed E-state index contributed by atoms with van der Waals surface area (Å²) in [5, 5.41) is 3.00. The van der Waals surface area contributed by atoms with Crippen LogP contribution in [0.15, 0.2) is 54.6 Å². The van der Waals surface area contributed by atoms with Crippen molar-refractivity contribution >= 4 is 11.8 Å². The molecule has 1 N–H and O–H groups in total. The van der Waals surface area contributed by atoms with Crippen molar-refractivity contribution in [2.45, 2.75) is 38.3 Å². The van der Waals surface area contributed by atoms with Crippen LogP contribution >= 0.6 is 0 Å². The van der Waals surface area contributed by atoms with Crippen molar-refractivity contribution in [3.63, 3.8) is 0 Å². The maximum atomic E-state index is 12.6. The molecule has 0 aromatic heterocycles. The third-order valence-electron chi connectivity index (χ3n) is 4.93. The molecular weight excluding hydrogens is 340 g/mol. The van der Waals surface area contributed by atoms with Crippen molar-refractivity contribution in [3.8, 4) is 5.75 Å². The number of carbonyl (C=O) groups excluding carboxylic acids is 2. The number of rotatable bonds is 8. The van der Waals surface area contributed by atoms with Crippen LogP contribution < -0.4 is 10.1 Å². The molecular formula is C22H26N2O3. The summed E-state index contributed by atoms with van der Waals surface area (Å²) >= 11 is 0. The van der Waals surface area contributed by atoms with Gasteiger partial charge in [-0.3, -0.25) is 9.59 Å². The number of methoxy groups -OCH3 is 1. The lowest BCUT2D eigenvalue weighted by atomic mass is 10.1. The standard InChI is InChI=1S/C22H26N2O3/c1-27-19-11-9-17(10-12-19)8-5-15-23-22(26)20-13-14-21(25)24(20)16-18-6-3-2-4-7-18/h2-4,6-7,9-12,20H,5,8,13-16H2,1H3,(H,23,26). The SMILES string of the molecule is COc1ccc(CCCNC(=O)C2CCC(=O)N2Cc2ccccc2)cc1. The zero-order valence-electron chi connectivity index (χ0n) is 15.7. The Labute approximate surface area is 160 Å². The molecule has 2 aromatic rings. The van der Waals surface area contributed by atoms with E-state index in [-0.39, 0.29) is 17.9 Å². The highest BCUT2D eigenvalue weighted by atomic mass is 16.5. The summed E-state index contributed by atoms with van der Waals surface area (Å²) < 4.78 is 5.16. The summed E-state index contributed by atoms with van der Waals surface area (Å²) in [6.07, 6.45) is 2.78. The number of ether oxygens (including phenoxy) is 1. The van der Waals surface area contributed by atoms with E-state index in [2.05, 4.69) is 5.32 Å². The molecule has 0 bridgehead atoms. The van der Waals surface area contributed by atoms with Crippen molar-refractivity contribution in [3.05, 3.63) is 65.7 Å². The van der Waals surface area contributed by atoms with Crippen LogP contribution in [0.5, 0.6) is 5.75 Å². The van der Waals surface area contributed by atoms with Gasteiger partial charge >= 0.3 is 0 Å². The van der Waals surface area contributed by atoms with Crippen LogP contribution in [0.2, 0.25) is 0 Å². The third kappa shape index (κ3) is 5.09. The molecule has 1 aliphatic heterocycles. The Kier molecular flexibility index (Phi) is 6.47. The Hall–Kier alpha value is -2.82. The Bertz CT molecular complexity index is 759. The van der Waals surface area contributed by atoms with Crippen LogP contribution in [0.1, 0.15) is 30.4 Å². The van der Waals surface area contributed by atoms with Gasteiger partial charge in [0.25, 0.3) is 0 Å². The number of carbonyl (C=O) groups is 2. The summed E-state index contributed by atoms with van der Waals surface area (Å²) in [5.41, 5.74) is 2.26. The van der Waals surface area contributed by atoms with Crippen molar-refractivity contribution in [2.24, 2.45) is 0 Å². The van der Waals surface area contributed by atoms with E-state index in [1.807, 2.05) is 54.6 Å². The lowest BCUT2D eigenvalue weighted by Crippen LogP contribution is -2.44. The Morgan fingerprint density at radius 3 is 2.56 bits per heavy atom. The van der Waals surface area contributed by atoms with Crippen LogP contribution in [-0.2, 0) is 22.6 Å². The van der Waals surface area contributed by atoms with Crippen molar-refractivity contribution in [1.82, 2.24) is 10.2 Å². The minimum absolute atomic E-state index is 0.0495. The van der Waals surface area contributed by atoms with E-state index in [4.69, 9.17) is 4.74 Å². The fourth-order valence-corrected chi connectivity index (χ4v) is 3.40. The fraction of sp³-hybridized carbons (Fsp3) is 0.364. The molecule has 142 valence electrons. The molecule has 0 aliphatic carbocycles. The summed E-state index contributed by atoms with van der Waals surface area (Å²) in [5.74, 6) is 0.847. The highest BCUT2D eigenvalue weighted by Crippen LogP contribution is 2.21. The van der Waals surface area contributed by atoms with Gasteiger partial charge in [0.15, 0.2) is 0 Å². The van der Waals surface area contributed by atoms with Gasteiger partial charge in [0.2, 0.25) is 11.8 Å².